The molecule has 1 aliphatic carbocycles. The normalized spacial score (nSPS) is 19.4. The van der Waals surface area contributed by atoms with Gasteiger partial charge < -0.3 is 5.32 Å². The van der Waals surface area contributed by atoms with Gasteiger partial charge in [-0.15, -0.1) is 10.2 Å². The topological polar surface area (TPSA) is 55.6 Å². The highest BCUT2D eigenvalue weighted by atomic mass is 32.1. The van der Waals surface area contributed by atoms with Gasteiger partial charge in [0, 0.05) is 18.3 Å². The Bertz CT molecular complexity index is 475. The number of anilines is 1. The van der Waals surface area contributed by atoms with Gasteiger partial charge in [0.25, 0.3) is 0 Å². The molecule has 0 aliphatic heterocycles. The fraction of sp³-hybridized carbons (Fsp3) is 0.500. The number of rotatable bonds is 2. The van der Waals surface area contributed by atoms with Gasteiger partial charge in [-0.05, 0) is 19.3 Å². The summed E-state index contributed by atoms with van der Waals surface area (Å²) in [6.07, 6.45) is 5.43. The maximum absolute atomic E-state index is 4.32. The van der Waals surface area contributed by atoms with Gasteiger partial charge in [-0.25, -0.2) is 0 Å². The van der Waals surface area contributed by atoms with Crippen LogP contribution in [0.4, 0.5) is 5.13 Å². The van der Waals surface area contributed by atoms with Crippen LogP contribution < -0.4 is 5.32 Å². The maximum atomic E-state index is 4.32. The van der Waals surface area contributed by atoms with Gasteiger partial charge in [0.1, 0.15) is 5.51 Å². The third-order valence-electron chi connectivity index (χ3n) is 3.03. The van der Waals surface area contributed by atoms with Crippen LogP contribution in [0.1, 0.15) is 30.1 Å². The summed E-state index contributed by atoms with van der Waals surface area (Å²) in [5, 5.41) is 16.5. The molecule has 0 spiro atoms. The largest absolute Gasteiger partial charge is 0.353 e. The number of hydrogen-bond acceptors (Lipinski definition) is 5. The molecule has 0 amide bonds. The van der Waals surface area contributed by atoms with E-state index in [0.717, 1.165) is 18.0 Å². The molecule has 0 saturated heterocycles. The maximum Gasteiger partial charge on any atom is 0.205 e. The first kappa shape index (κ1) is 9.77. The van der Waals surface area contributed by atoms with Gasteiger partial charge >= 0.3 is 0 Å². The summed E-state index contributed by atoms with van der Waals surface area (Å²) in [5.74, 6) is 0. The van der Waals surface area contributed by atoms with Crippen LogP contribution in [0.5, 0.6) is 0 Å². The van der Waals surface area contributed by atoms with Crippen LogP contribution in [0.15, 0.2) is 11.7 Å². The minimum absolute atomic E-state index is 0.338. The molecule has 1 atom stereocenters. The van der Waals surface area contributed by atoms with Gasteiger partial charge in [0.2, 0.25) is 5.13 Å². The van der Waals surface area contributed by atoms with Gasteiger partial charge in [0.15, 0.2) is 0 Å². The average molecular weight is 235 g/mol. The summed E-state index contributed by atoms with van der Waals surface area (Å²) in [7, 11) is 2.01. The van der Waals surface area contributed by atoms with Crippen LogP contribution in [0.3, 0.4) is 0 Å². The number of fused-ring (bicyclic) bond motifs is 1. The molecule has 16 heavy (non-hydrogen) atoms. The van der Waals surface area contributed by atoms with E-state index in [9.17, 15) is 0 Å². The van der Waals surface area contributed by atoms with Crippen molar-refractivity contribution in [3.63, 3.8) is 0 Å². The third kappa shape index (κ3) is 1.59. The molecule has 2 aromatic rings. The standard InChI is InChI=1S/C10H13N5S/c1-15-9-4-2-3-8(7(9)5-12-15)13-10-14-11-6-16-10/h5-6,8H,2-4H2,1H3,(H,13,14). The van der Waals surface area contributed by atoms with Crippen LogP contribution in [0.2, 0.25) is 0 Å². The predicted molar refractivity (Wildman–Crippen MR) is 62.4 cm³/mol. The van der Waals surface area contributed by atoms with Crippen molar-refractivity contribution >= 4 is 16.5 Å². The molecule has 0 saturated carbocycles. The third-order valence-corrected chi connectivity index (χ3v) is 3.66. The SMILES string of the molecule is Cn1ncc2c1CCCC2Nc1nncs1. The van der Waals surface area contributed by atoms with Crippen molar-refractivity contribution in [1.82, 2.24) is 20.0 Å². The van der Waals surface area contributed by atoms with Gasteiger partial charge in [0.05, 0.1) is 12.2 Å². The first-order valence-electron chi connectivity index (χ1n) is 5.38. The van der Waals surface area contributed by atoms with E-state index in [4.69, 9.17) is 0 Å². The Labute approximate surface area is 97.5 Å². The van der Waals surface area contributed by atoms with E-state index in [-0.39, 0.29) is 0 Å². The Morgan fingerprint density at radius 2 is 2.50 bits per heavy atom. The van der Waals surface area contributed by atoms with Crippen LogP contribution in [0.25, 0.3) is 0 Å². The molecule has 6 heteroatoms. The second-order valence-electron chi connectivity index (χ2n) is 4.00. The molecule has 1 aliphatic rings. The Balaban J connectivity index is 1.87. The van der Waals surface area contributed by atoms with E-state index < -0.39 is 0 Å². The van der Waals surface area contributed by atoms with Crippen molar-refractivity contribution in [3.8, 4) is 0 Å². The quantitative estimate of drug-likeness (QED) is 0.861. The number of nitrogens with zero attached hydrogens (tertiary/aromatic N) is 4. The first-order chi connectivity index (χ1) is 7.84. The fourth-order valence-electron chi connectivity index (χ4n) is 2.24. The smallest absolute Gasteiger partial charge is 0.205 e. The minimum Gasteiger partial charge on any atom is -0.353 e. The highest BCUT2D eigenvalue weighted by molar-refractivity contribution is 7.13. The van der Waals surface area contributed by atoms with Crippen molar-refractivity contribution in [2.75, 3.05) is 5.32 Å². The van der Waals surface area contributed by atoms with E-state index >= 15 is 0 Å². The zero-order chi connectivity index (χ0) is 11.0. The fourth-order valence-corrected chi connectivity index (χ4v) is 2.74. The lowest BCUT2D eigenvalue weighted by molar-refractivity contribution is 0.571. The lowest BCUT2D eigenvalue weighted by Crippen LogP contribution is -2.17. The van der Waals surface area contributed by atoms with E-state index in [0.29, 0.717) is 6.04 Å². The Kier molecular flexibility index (Phi) is 2.36. The lowest BCUT2D eigenvalue weighted by Gasteiger charge is -2.23. The summed E-state index contributed by atoms with van der Waals surface area (Å²) < 4.78 is 1.98. The zero-order valence-corrected chi connectivity index (χ0v) is 9.87. The number of aromatic nitrogens is 4. The molecule has 1 N–H and O–H groups in total. The van der Waals surface area contributed by atoms with Crippen molar-refractivity contribution in [2.24, 2.45) is 7.05 Å². The second kappa shape index (κ2) is 3.86. The molecule has 0 radical (unpaired) electrons. The van der Waals surface area contributed by atoms with Crippen LogP contribution in [-0.4, -0.2) is 20.0 Å². The first-order valence-corrected chi connectivity index (χ1v) is 6.26. The Morgan fingerprint density at radius 3 is 3.31 bits per heavy atom. The van der Waals surface area contributed by atoms with Crippen molar-refractivity contribution in [1.29, 1.82) is 0 Å². The molecule has 0 fully saturated rings. The molecule has 0 aromatic carbocycles. The molecule has 2 heterocycles. The zero-order valence-electron chi connectivity index (χ0n) is 9.05. The van der Waals surface area contributed by atoms with E-state index in [1.54, 1.807) is 5.51 Å². The minimum atomic E-state index is 0.338. The highest BCUT2D eigenvalue weighted by Gasteiger charge is 2.23. The summed E-state index contributed by atoms with van der Waals surface area (Å²) in [6.45, 7) is 0. The van der Waals surface area contributed by atoms with Crippen LogP contribution in [-0.2, 0) is 13.5 Å². The van der Waals surface area contributed by atoms with E-state index in [2.05, 4.69) is 20.6 Å². The molecule has 0 bridgehead atoms. The number of hydrogen-bond donors (Lipinski definition) is 1. The van der Waals surface area contributed by atoms with E-state index in [1.165, 1.54) is 29.0 Å². The molecular weight excluding hydrogens is 222 g/mol. The Hall–Kier alpha value is -1.43. The van der Waals surface area contributed by atoms with Gasteiger partial charge in [-0.3, -0.25) is 4.68 Å². The summed E-state index contributed by atoms with van der Waals surface area (Å²) >= 11 is 1.54. The second-order valence-corrected chi connectivity index (χ2v) is 4.84. The Morgan fingerprint density at radius 1 is 1.56 bits per heavy atom. The average Bonchev–Trinajstić information content (AvgIpc) is 2.90. The van der Waals surface area contributed by atoms with Crippen molar-refractivity contribution < 1.29 is 0 Å². The molecule has 2 aromatic heterocycles. The summed E-state index contributed by atoms with van der Waals surface area (Å²) in [4.78, 5) is 0. The van der Waals surface area contributed by atoms with Crippen LogP contribution in [0, 0.1) is 0 Å². The van der Waals surface area contributed by atoms with E-state index in [1.807, 2.05) is 17.9 Å². The molecule has 3 rings (SSSR count). The number of nitrogens with one attached hydrogen (secondary N) is 1. The summed E-state index contributed by atoms with van der Waals surface area (Å²) in [5.41, 5.74) is 4.40. The van der Waals surface area contributed by atoms with Crippen molar-refractivity contribution in [2.45, 2.75) is 25.3 Å². The molecule has 5 nitrogen and oxygen atoms in total. The van der Waals surface area contributed by atoms with Crippen LogP contribution >= 0.6 is 11.3 Å². The molecule has 1 unspecified atom stereocenters. The van der Waals surface area contributed by atoms with Gasteiger partial charge in [-0.1, -0.05) is 11.3 Å². The summed E-state index contributed by atoms with van der Waals surface area (Å²) in [6, 6.07) is 0.338. The van der Waals surface area contributed by atoms with Gasteiger partial charge in [-0.2, -0.15) is 5.10 Å². The highest BCUT2D eigenvalue weighted by Crippen LogP contribution is 2.32. The predicted octanol–water partition coefficient (Wildman–Crippen LogP) is 1.76. The van der Waals surface area contributed by atoms with Crippen molar-refractivity contribution in [3.05, 3.63) is 23.0 Å². The lowest BCUT2D eigenvalue weighted by atomic mass is 9.93. The molecular formula is C10H13N5S. The number of aryl methyl sites for hydroxylation is 1. The molecule has 84 valence electrons. The monoisotopic (exact) mass is 235 g/mol.